The molecule has 1 N–H and O–H groups in total. The van der Waals surface area contributed by atoms with Gasteiger partial charge in [-0.05, 0) is 25.2 Å². The molecule has 9 nitrogen and oxygen atoms in total. The van der Waals surface area contributed by atoms with Gasteiger partial charge >= 0.3 is 0 Å². The summed E-state index contributed by atoms with van der Waals surface area (Å²) in [5, 5.41) is 13.8. The third kappa shape index (κ3) is 5.73. The largest absolute Gasteiger partial charge is 0.325 e. The van der Waals surface area contributed by atoms with Crippen molar-refractivity contribution in [2.24, 2.45) is 0 Å². The maximum atomic E-state index is 12.3. The standard InChI is InChI=1S/C18H21ClN4O5S/c1-21(2)29(27,28)17-10-14(8-9-15(17)19)20-18(24)12-22(3)11-13-6-4-5-7-16(13)23(25)26/h4-10H,11-12H2,1-3H3,(H,20,24). The Hall–Kier alpha value is -2.53. The van der Waals surface area contributed by atoms with Crippen LogP contribution in [-0.2, 0) is 21.4 Å². The molecule has 1 amide bonds. The van der Waals surface area contributed by atoms with E-state index in [1.807, 2.05) is 0 Å². The second-order valence-electron chi connectivity index (χ2n) is 6.54. The van der Waals surface area contributed by atoms with E-state index in [0.717, 1.165) is 4.31 Å². The van der Waals surface area contributed by atoms with E-state index in [0.29, 0.717) is 5.56 Å². The lowest BCUT2D eigenvalue weighted by Crippen LogP contribution is -2.30. The number of benzene rings is 2. The fourth-order valence-electron chi connectivity index (χ4n) is 2.59. The van der Waals surface area contributed by atoms with Crippen LogP contribution in [0, 0.1) is 10.1 Å². The van der Waals surface area contributed by atoms with E-state index in [1.165, 1.54) is 38.4 Å². The highest BCUT2D eigenvalue weighted by Crippen LogP contribution is 2.27. The zero-order valence-corrected chi connectivity index (χ0v) is 17.7. The van der Waals surface area contributed by atoms with Crippen molar-refractivity contribution < 1.29 is 18.1 Å². The van der Waals surface area contributed by atoms with Crippen molar-refractivity contribution in [3.05, 3.63) is 63.2 Å². The maximum absolute atomic E-state index is 12.3. The molecular weight excluding hydrogens is 420 g/mol. The summed E-state index contributed by atoms with van der Waals surface area (Å²) in [4.78, 5) is 24.5. The average molecular weight is 441 g/mol. The van der Waals surface area contributed by atoms with E-state index in [4.69, 9.17) is 11.6 Å². The third-order valence-corrected chi connectivity index (χ3v) is 6.31. The van der Waals surface area contributed by atoms with Gasteiger partial charge in [0.25, 0.3) is 5.69 Å². The van der Waals surface area contributed by atoms with Gasteiger partial charge < -0.3 is 5.32 Å². The van der Waals surface area contributed by atoms with Gasteiger partial charge in [-0.25, -0.2) is 12.7 Å². The maximum Gasteiger partial charge on any atom is 0.273 e. The Morgan fingerprint density at radius 3 is 2.45 bits per heavy atom. The number of amides is 1. The van der Waals surface area contributed by atoms with Crippen LogP contribution in [0.1, 0.15) is 5.56 Å². The molecule has 156 valence electrons. The number of para-hydroxylation sites is 1. The Morgan fingerprint density at radius 1 is 1.17 bits per heavy atom. The molecule has 2 aromatic carbocycles. The molecule has 0 aliphatic rings. The normalized spacial score (nSPS) is 11.7. The number of halogens is 1. The Kier molecular flexibility index (Phi) is 7.31. The molecule has 0 aliphatic carbocycles. The first-order chi connectivity index (χ1) is 13.5. The van der Waals surface area contributed by atoms with Gasteiger partial charge in [-0.1, -0.05) is 29.8 Å². The highest BCUT2D eigenvalue weighted by molar-refractivity contribution is 7.89. The van der Waals surface area contributed by atoms with Gasteiger partial charge in [-0.3, -0.25) is 19.8 Å². The van der Waals surface area contributed by atoms with Crippen molar-refractivity contribution in [2.45, 2.75) is 11.4 Å². The molecular formula is C18H21ClN4O5S. The third-order valence-electron chi connectivity index (χ3n) is 4.02. The minimum absolute atomic E-state index is 0.0176. The minimum atomic E-state index is -3.77. The molecule has 0 aliphatic heterocycles. The van der Waals surface area contributed by atoms with E-state index in [1.54, 1.807) is 30.1 Å². The predicted molar refractivity (Wildman–Crippen MR) is 110 cm³/mol. The number of hydrogen-bond donors (Lipinski definition) is 1. The number of carbonyl (C=O) groups is 1. The second-order valence-corrected chi connectivity index (χ2v) is 9.07. The Balaban J connectivity index is 2.09. The number of anilines is 1. The summed E-state index contributed by atoms with van der Waals surface area (Å²) in [5.74, 6) is -0.401. The first-order valence-corrected chi connectivity index (χ1v) is 10.3. The van der Waals surface area contributed by atoms with Crippen molar-refractivity contribution in [1.82, 2.24) is 9.21 Å². The summed E-state index contributed by atoms with van der Waals surface area (Å²) >= 11 is 5.99. The van der Waals surface area contributed by atoms with E-state index in [-0.39, 0.29) is 34.4 Å². The van der Waals surface area contributed by atoms with Crippen molar-refractivity contribution >= 4 is 38.9 Å². The monoisotopic (exact) mass is 440 g/mol. The topological polar surface area (TPSA) is 113 Å². The number of likely N-dealkylation sites (N-methyl/N-ethyl adjacent to an activating group) is 1. The van der Waals surface area contributed by atoms with Crippen molar-refractivity contribution in [3.8, 4) is 0 Å². The van der Waals surface area contributed by atoms with Crippen LogP contribution in [0.15, 0.2) is 47.4 Å². The van der Waals surface area contributed by atoms with Gasteiger partial charge in [-0.2, -0.15) is 0 Å². The molecule has 0 radical (unpaired) electrons. The predicted octanol–water partition coefficient (Wildman–Crippen LogP) is 2.57. The van der Waals surface area contributed by atoms with Gasteiger partial charge in [0.05, 0.1) is 16.5 Å². The molecule has 0 atom stereocenters. The summed E-state index contributed by atoms with van der Waals surface area (Å²) in [6.45, 7) is 0.149. The zero-order valence-electron chi connectivity index (χ0n) is 16.1. The van der Waals surface area contributed by atoms with Crippen molar-refractivity contribution in [2.75, 3.05) is 33.0 Å². The van der Waals surface area contributed by atoms with E-state index < -0.39 is 20.9 Å². The van der Waals surface area contributed by atoms with Crippen LogP contribution in [0.2, 0.25) is 5.02 Å². The number of nitrogens with zero attached hydrogens (tertiary/aromatic N) is 3. The first-order valence-electron chi connectivity index (χ1n) is 8.45. The van der Waals surface area contributed by atoms with E-state index in [9.17, 15) is 23.3 Å². The smallest absolute Gasteiger partial charge is 0.273 e. The number of nitro groups is 1. The quantitative estimate of drug-likeness (QED) is 0.498. The summed E-state index contributed by atoms with van der Waals surface area (Å²) in [6.07, 6.45) is 0. The van der Waals surface area contributed by atoms with Gasteiger partial charge in [0.2, 0.25) is 15.9 Å². The van der Waals surface area contributed by atoms with Crippen molar-refractivity contribution in [3.63, 3.8) is 0 Å². The lowest BCUT2D eigenvalue weighted by molar-refractivity contribution is -0.385. The Bertz CT molecular complexity index is 1030. The van der Waals surface area contributed by atoms with Crippen LogP contribution < -0.4 is 5.32 Å². The first kappa shape index (κ1) is 22.8. The lowest BCUT2D eigenvalue weighted by Gasteiger charge is -2.17. The minimum Gasteiger partial charge on any atom is -0.325 e. The fraction of sp³-hybridized carbons (Fsp3) is 0.278. The molecule has 0 saturated carbocycles. The van der Waals surface area contributed by atoms with Gasteiger partial charge in [0.1, 0.15) is 4.90 Å². The number of rotatable bonds is 8. The number of hydrogen-bond acceptors (Lipinski definition) is 6. The van der Waals surface area contributed by atoms with Crippen LogP contribution >= 0.6 is 11.6 Å². The SMILES string of the molecule is CN(CC(=O)Nc1ccc(Cl)c(S(=O)(=O)N(C)C)c1)Cc1ccccc1[N+](=O)[O-]. The van der Waals surface area contributed by atoms with E-state index in [2.05, 4.69) is 5.32 Å². The molecule has 0 saturated heterocycles. The van der Waals surface area contributed by atoms with Crippen LogP contribution in [0.5, 0.6) is 0 Å². The Morgan fingerprint density at radius 2 is 1.83 bits per heavy atom. The second kappa shape index (κ2) is 9.31. The average Bonchev–Trinajstić information content (AvgIpc) is 2.63. The van der Waals surface area contributed by atoms with E-state index >= 15 is 0 Å². The molecule has 0 unspecified atom stereocenters. The molecule has 0 heterocycles. The molecule has 29 heavy (non-hydrogen) atoms. The van der Waals surface area contributed by atoms with Crippen LogP contribution in [0.25, 0.3) is 0 Å². The number of sulfonamides is 1. The fourth-order valence-corrected chi connectivity index (χ4v) is 3.98. The number of carbonyl (C=O) groups excluding carboxylic acids is 1. The van der Waals surface area contributed by atoms with Crippen LogP contribution in [-0.4, -0.2) is 56.1 Å². The molecule has 11 heteroatoms. The molecule has 0 bridgehead atoms. The zero-order chi connectivity index (χ0) is 21.8. The number of nitrogens with one attached hydrogen (secondary N) is 1. The Labute approximate surface area is 174 Å². The molecule has 2 aromatic rings. The lowest BCUT2D eigenvalue weighted by atomic mass is 10.1. The molecule has 0 aromatic heterocycles. The summed E-state index contributed by atoms with van der Waals surface area (Å²) in [5.41, 5.74) is 0.744. The van der Waals surface area contributed by atoms with Gasteiger partial charge in [0, 0.05) is 38.0 Å². The summed E-state index contributed by atoms with van der Waals surface area (Å²) in [6, 6.07) is 10.5. The molecule has 0 fully saturated rings. The van der Waals surface area contributed by atoms with Crippen molar-refractivity contribution in [1.29, 1.82) is 0 Å². The summed E-state index contributed by atoms with van der Waals surface area (Å²) in [7, 11) is 0.653. The molecule has 0 spiro atoms. The highest BCUT2D eigenvalue weighted by Gasteiger charge is 2.22. The van der Waals surface area contributed by atoms with Gasteiger partial charge in [-0.15, -0.1) is 0 Å². The van der Waals surface area contributed by atoms with Crippen LogP contribution in [0.3, 0.4) is 0 Å². The van der Waals surface area contributed by atoms with Gasteiger partial charge in [0.15, 0.2) is 0 Å². The summed E-state index contributed by atoms with van der Waals surface area (Å²) < 4.78 is 25.7. The molecule has 2 rings (SSSR count). The van der Waals surface area contributed by atoms with Crippen LogP contribution in [0.4, 0.5) is 11.4 Å². The highest BCUT2D eigenvalue weighted by atomic mass is 35.5. The number of nitro benzene ring substituents is 1.